The molecule has 0 unspecified atom stereocenters. The topological polar surface area (TPSA) is 56.1 Å². The van der Waals surface area contributed by atoms with Crippen molar-refractivity contribution in [3.63, 3.8) is 0 Å². The molecule has 0 aliphatic heterocycles. The molecular weight excluding hydrogens is 309 g/mol. The lowest BCUT2D eigenvalue weighted by Crippen LogP contribution is -2.20. The van der Waals surface area contributed by atoms with Crippen molar-refractivity contribution < 1.29 is 13.9 Å². The number of hydrogen-bond acceptors (Lipinski definition) is 3. The van der Waals surface area contributed by atoms with E-state index in [-0.39, 0.29) is 23.3 Å². The fraction of sp³-hybridized carbons (Fsp3) is 0.333. The molecule has 1 aliphatic rings. The molecule has 1 amide bonds. The predicted octanol–water partition coefficient (Wildman–Crippen LogP) is 3.10. The van der Waals surface area contributed by atoms with Crippen LogP contribution in [0.4, 0.5) is 10.1 Å². The minimum absolute atomic E-state index is 0.130. The van der Waals surface area contributed by atoms with Gasteiger partial charge in [-0.25, -0.2) is 4.39 Å². The van der Waals surface area contributed by atoms with Crippen molar-refractivity contribution in [2.24, 2.45) is 5.92 Å². The van der Waals surface area contributed by atoms with E-state index in [9.17, 15) is 9.18 Å². The fourth-order valence-electron chi connectivity index (χ4n) is 2.03. The van der Waals surface area contributed by atoms with Crippen LogP contribution in [0.2, 0.25) is 5.02 Å². The molecule has 116 valence electrons. The lowest BCUT2D eigenvalue weighted by Gasteiger charge is -2.07. The molecule has 3 rings (SSSR count). The number of amides is 1. The number of benzene rings is 1. The summed E-state index contributed by atoms with van der Waals surface area (Å²) in [6, 6.07) is 3.75. The first-order valence-electron chi connectivity index (χ1n) is 7.00. The summed E-state index contributed by atoms with van der Waals surface area (Å²) in [7, 11) is 0. The number of carbonyl (C=O) groups is 1. The van der Waals surface area contributed by atoms with Gasteiger partial charge in [0.1, 0.15) is 11.6 Å². The Balaban J connectivity index is 1.50. The number of nitrogens with zero attached hydrogens (tertiary/aromatic N) is 2. The summed E-state index contributed by atoms with van der Waals surface area (Å²) in [5, 5.41) is 7.01. The molecule has 0 radical (unpaired) electrons. The van der Waals surface area contributed by atoms with Crippen molar-refractivity contribution in [1.82, 2.24) is 9.78 Å². The number of nitrogens with one attached hydrogen (secondary N) is 1. The van der Waals surface area contributed by atoms with Crippen LogP contribution < -0.4 is 10.1 Å². The monoisotopic (exact) mass is 323 g/mol. The largest absolute Gasteiger partial charge is 0.482 e. The van der Waals surface area contributed by atoms with Crippen LogP contribution in [0.1, 0.15) is 12.8 Å². The smallest absolute Gasteiger partial charge is 0.262 e. The molecule has 0 spiro atoms. The van der Waals surface area contributed by atoms with E-state index >= 15 is 0 Å². The second-order valence-electron chi connectivity index (χ2n) is 5.31. The van der Waals surface area contributed by atoms with Crippen LogP contribution in [0, 0.1) is 11.7 Å². The van der Waals surface area contributed by atoms with E-state index in [4.69, 9.17) is 16.3 Å². The van der Waals surface area contributed by atoms with Crippen LogP contribution >= 0.6 is 11.6 Å². The number of anilines is 1. The van der Waals surface area contributed by atoms with Gasteiger partial charge < -0.3 is 10.1 Å². The molecule has 0 saturated heterocycles. The number of carbonyl (C=O) groups excluding carboxylic acids is 1. The van der Waals surface area contributed by atoms with Crippen molar-refractivity contribution >= 4 is 23.2 Å². The van der Waals surface area contributed by atoms with Gasteiger partial charge in [0.15, 0.2) is 6.61 Å². The van der Waals surface area contributed by atoms with E-state index in [2.05, 4.69) is 10.4 Å². The standard InChI is InChI=1S/C15H15ClFN3O2/c16-13-5-11(17)3-4-14(13)22-9-15(21)19-12-6-18-20(8-12)7-10-1-2-10/h3-6,8,10H,1-2,7,9H2,(H,19,21). The van der Waals surface area contributed by atoms with Crippen molar-refractivity contribution in [2.75, 3.05) is 11.9 Å². The third kappa shape index (κ3) is 3.98. The first-order valence-corrected chi connectivity index (χ1v) is 7.38. The molecule has 1 aromatic heterocycles. The minimum atomic E-state index is -0.454. The van der Waals surface area contributed by atoms with Gasteiger partial charge in [0.2, 0.25) is 0 Å². The Morgan fingerprint density at radius 3 is 3.05 bits per heavy atom. The Labute approximate surface area is 132 Å². The molecule has 1 fully saturated rings. The van der Waals surface area contributed by atoms with Crippen LogP contribution in [0.15, 0.2) is 30.6 Å². The van der Waals surface area contributed by atoms with Crippen LogP contribution in [0.3, 0.4) is 0 Å². The Bertz CT molecular complexity index is 685. The van der Waals surface area contributed by atoms with Gasteiger partial charge in [0, 0.05) is 12.7 Å². The summed E-state index contributed by atoms with van der Waals surface area (Å²) < 4.78 is 20.0. The second-order valence-corrected chi connectivity index (χ2v) is 5.71. The van der Waals surface area contributed by atoms with Gasteiger partial charge in [-0.15, -0.1) is 0 Å². The number of hydrogen-bond donors (Lipinski definition) is 1. The van der Waals surface area contributed by atoms with E-state index in [0.717, 1.165) is 12.6 Å². The third-order valence-electron chi connectivity index (χ3n) is 3.31. The highest BCUT2D eigenvalue weighted by Gasteiger charge is 2.22. The molecule has 2 aromatic rings. The summed E-state index contributed by atoms with van der Waals surface area (Å²) in [5.41, 5.74) is 0.624. The molecule has 1 saturated carbocycles. The average Bonchev–Trinajstić information content (AvgIpc) is 3.17. The van der Waals surface area contributed by atoms with Crippen molar-refractivity contribution in [3.05, 3.63) is 41.4 Å². The third-order valence-corrected chi connectivity index (χ3v) is 3.61. The minimum Gasteiger partial charge on any atom is -0.482 e. The Morgan fingerprint density at radius 1 is 1.50 bits per heavy atom. The summed E-state index contributed by atoms with van der Waals surface area (Å²) in [6.45, 7) is 0.677. The fourth-order valence-corrected chi connectivity index (χ4v) is 2.25. The van der Waals surface area contributed by atoms with Crippen LogP contribution in [0.25, 0.3) is 0 Å². The molecule has 1 aliphatic carbocycles. The lowest BCUT2D eigenvalue weighted by molar-refractivity contribution is -0.118. The van der Waals surface area contributed by atoms with Crippen LogP contribution in [-0.4, -0.2) is 22.3 Å². The summed E-state index contributed by atoms with van der Waals surface area (Å²) in [4.78, 5) is 11.8. The lowest BCUT2D eigenvalue weighted by atomic mass is 10.3. The number of halogens is 2. The van der Waals surface area contributed by atoms with Crippen molar-refractivity contribution in [2.45, 2.75) is 19.4 Å². The molecule has 1 aromatic carbocycles. The Morgan fingerprint density at radius 2 is 2.32 bits per heavy atom. The Kier molecular flexibility index (Phi) is 4.29. The van der Waals surface area contributed by atoms with Gasteiger partial charge in [0.25, 0.3) is 5.91 Å². The first kappa shape index (κ1) is 14.8. The predicted molar refractivity (Wildman–Crippen MR) is 80.5 cm³/mol. The molecule has 1 N–H and O–H groups in total. The molecule has 0 bridgehead atoms. The molecule has 7 heteroatoms. The maximum absolute atomic E-state index is 12.9. The normalized spacial score (nSPS) is 13.9. The number of aromatic nitrogens is 2. The van der Waals surface area contributed by atoms with Gasteiger partial charge in [-0.3, -0.25) is 9.48 Å². The van der Waals surface area contributed by atoms with E-state index in [1.807, 2.05) is 4.68 Å². The second kappa shape index (κ2) is 6.36. The van der Waals surface area contributed by atoms with E-state index in [0.29, 0.717) is 11.6 Å². The van der Waals surface area contributed by atoms with Gasteiger partial charge in [-0.1, -0.05) is 11.6 Å². The van der Waals surface area contributed by atoms with Crippen molar-refractivity contribution in [3.8, 4) is 5.75 Å². The molecule has 22 heavy (non-hydrogen) atoms. The molecule has 1 heterocycles. The quantitative estimate of drug-likeness (QED) is 0.888. The average molecular weight is 324 g/mol. The molecular formula is C15H15ClFN3O2. The van der Waals surface area contributed by atoms with Crippen molar-refractivity contribution in [1.29, 1.82) is 0 Å². The zero-order valence-corrected chi connectivity index (χ0v) is 12.5. The maximum atomic E-state index is 12.9. The maximum Gasteiger partial charge on any atom is 0.262 e. The number of rotatable bonds is 6. The summed E-state index contributed by atoms with van der Waals surface area (Å²) >= 11 is 5.82. The van der Waals surface area contributed by atoms with E-state index in [1.54, 1.807) is 12.4 Å². The van der Waals surface area contributed by atoms with Gasteiger partial charge in [-0.2, -0.15) is 5.10 Å². The SMILES string of the molecule is O=C(COc1ccc(F)cc1Cl)Nc1cnn(CC2CC2)c1. The Hall–Kier alpha value is -2.08. The first-order chi connectivity index (χ1) is 10.6. The van der Waals surface area contributed by atoms with E-state index < -0.39 is 5.82 Å². The van der Waals surface area contributed by atoms with Crippen LogP contribution in [-0.2, 0) is 11.3 Å². The van der Waals surface area contributed by atoms with Crippen LogP contribution in [0.5, 0.6) is 5.75 Å². The highest BCUT2D eigenvalue weighted by molar-refractivity contribution is 6.32. The highest BCUT2D eigenvalue weighted by Crippen LogP contribution is 2.30. The zero-order chi connectivity index (χ0) is 15.5. The number of ether oxygens (including phenoxy) is 1. The van der Waals surface area contributed by atoms with E-state index in [1.165, 1.54) is 25.0 Å². The highest BCUT2D eigenvalue weighted by atomic mass is 35.5. The molecule has 5 nitrogen and oxygen atoms in total. The summed E-state index contributed by atoms with van der Waals surface area (Å²) in [5.74, 6) is 0.200. The van der Waals surface area contributed by atoms with Gasteiger partial charge in [0.05, 0.1) is 16.9 Å². The summed E-state index contributed by atoms with van der Waals surface area (Å²) in [6.07, 6.45) is 5.88. The van der Waals surface area contributed by atoms with Gasteiger partial charge >= 0.3 is 0 Å². The zero-order valence-electron chi connectivity index (χ0n) is 11.8. The molecule has 0 atom stereocenters. The van der Waals surface area contributed by atoms with Gasteiger partial charge in [-0.05, 0) is 37.0 Å².